The fraction of sp³-hybridized carbons (Fsp3) is 0.353. The number of carbonyl (C=O) groups is 1. The zero-order chi connectivity index (χ0) is 16.1. The van der Waals surface area contributed by atoms with Crippen molar-refractivity contribution in [3.8, 4) is 11.8 Å². The molecule has 1 amide bonds. The van der Waals surface area contributed by atoms with E-state index in [4.69, 9.17) is 10.00 Å². The first-order valence-electron chi connectivity index (χ1n) is 7.63. The Labute approximate surface area is 139 Å². The summed E-state index contributed by atoms with van der Waals surface area (Å²) in [5, 5.41) is 9.32. The summed E-state index contributed by atoms with van der Waals surface area (Å²) in [5.41, 5.74) is 0.917. The van der Waals surface area contributed by atoms with Gasteiger partial charge < -0.3 is 9.64 Å². The Bertz CT molecular complexity index is 683. The molecule has 0 unspecified atom stereocenters. The van der Waals surface area contributed by atoms with Crippen molar-refractivity contribution in [2.75, 3.05) is 19.7 Å². The Hall–Kier alpha value is -2.26. The van der Waals surface area contributed by atoms with E-state index in [1.807, 2.05) is 24.3 Å². The van der Waals surface area contributed by atoms with Crippen molar-refractivity contribution < 1.29 is 9.53 Å². The van der Waals surface area contributed by atoms with Crippen LogP contribution in [0.3, 0.4) is 0 Å². The molecule has 2 heterocycles. The molecule has 5 nitrogen and oxygen atoms in total. The van der Waals surface area contributed by atoms with Crippen LogP contribution >= 0.6 is 11.8 Å². The van der Waals surface area contributed by atoms with Crippen molar-refractivity contribution in [2.24, 2.45) is 4.99 Å². The average molecular weight is 327 g/mol. The molecule has 0 aromatic heterocycles. The Kier molecular flexibility index (Phi) is 4.99. The number of hydrogen-bond donors (Lipinski definition) is 0. The van der Waals surface area contributed by atoms with Crippen LogP contribution in [-0.2, 0) is 4.79 Å². The number of rotatable bonds is 3. The van der Waals surface area contributed by atoms with E-state index in [1.165, 1.54) is 18.2 Å². The van der Waals surface area contributed by atoms with Crippen molar-refractivity contribution in [3.63, 3.8) is 0 Å². The number of amidine groups is 1. The molecule has 0 spiro atoms. The van der Waals surface area contributed by atoms with Gasteiger partial charge in [0.1, 0.15) is 11.8 Å². The number of carbonyl (C=O) groups excluding carboxylic acids is 1. The van der Waals surface area contributed by atoms with Crippen LogP contribution in [0.2, 0.25) is 0 Å². The summed E-state index contributed by atoms with van der Waals surface area (Å²) in [5.74, 6) is 0.477. The van der Waals surface area contributed by atoms with Gasteiger partial charge >= 0.3 is 0 Å². The van der Waals surface area contributed by atoms with Gasteiger partial charge in [-0.15, -0.1) is 0 Å². The lowest BCUT2D eigenvalue weighted by Gasteiger charge is -2.27. The van der Waals surface area contributed by atoms with Crippen molar-refractivity contribution in [3.05, 3.63) is 34.7 Å². The van der Waals surface area contributed by atoms with Crippen LogP contribution in [0.25, 0.3) is 6.08 Å². The molecule has 0 atom stereocenters. The zero-order valence-corrected chi connectivity index (χ0v) is 13.5. The topological polar surface area (TPSA) is 65.7 Å². The first-order chi connectivity index (χ1) is 11.3. The molecule has 1 aromatic rings. The molecule has 118 valence electrons. The Morgan fingerprint density at radius 2 is 2.00 bits per heavy atom. The quantitative estimate of drug-likeness (QED) is 0.798. The average Bonchev–Trinajstić information content (AvgIpc) is 2.96. The zero-order valence-electron chi connectivity index (χ0n) is 12.7. The highest BCUT2D eigenvalue weighted by molar-refractivity contribution is 8.18. The number of hydrogen-bond acceptors (Lipinski definition) is 5. The van der Waals surface area contributed by atoms with Crippen LogP contribution in [0.4, 0.5) is 0 Å². The first kappa shape index (κ1) is 15.6. The SMILES string of the molecule is N#CCOc1ccc(/C=C2\SC(N3CCCCC3)=NC2=O)cc1. The Morgan fingerprint density at radius 3 is 2.70 bits per heavy atom. The summed E-state index contributed by atoms with van der Waals surface area (Å²) < 4.78 is 5.21. The van der Waals surface area contributed by atoms with Gasteiger partial charge in [0.15, 0.2) is 11.8 Å². The minimum Gasteiger partial charge on any atom is -0.479 e. The molecular weight excluding hydrogens is 310 g/mol. The van der Waals surface area contributed by atoms with Crippen molar-refractivity contribution in [1.82, 2.24) is 4.90 Å². The summed E-state index contributed by atoms with van der Waals surface area (Å²) in [6, 6.07) is 9.25. The molecule has 0 bridgehead atoms. The van der Waals surface area contributed by atoms with Gasteiger partial charge in [0.25, 0.3) is 5.91 Å². The van der Waals surface area contributed by atoms with Gasteiger partial charge in [-0.3, -0.25) is 4.79 Å². The molecule has 6 heteroatoms. The monoisotopic (exact) mass is 327 g/mol. The fourth-order valence-corrected chi connectivity index (χ4v) is 3.51. The molecule has 2 aliphatic rings. The molecule has 0 radical (unpaired) electrons. The van der Waals surface area contributed by atoms with E-state index in [-0.39, 0.29) is 12.5 Å². The van der Waals surface area contributed by atoms with Crippen LogP contribution in [0.1, 0.15) is 24.8 Å². The van der Waals surface area contributed by atoms with Gasteiger partial charge in [-0.05, 0) is 54.8 Å². The molecule has 1 saturated heterocycles. The first-order valence-corrected chi connectivity index (χ1v) is 8.45. The number of amides is 1. The lowest BCUT2D eigenvalue weighted by molar-refractivity contribution is -0.113. The standard InChI is InChI=1S/C17H17N3O2S/c18-8-11-22-14-6-4-13(5-7-14)12-15-16(21)19-17(23-15)20-9-2-1-3-10-20/h4-7,12H,1-3,9-11H2/b15-12-. The maximum Gasteiger partial charge on any atom is 0.286 e. The molecule has 2 aliphatic heterocycles. The third-order valence-corrected chi connectivity index (χ3v) is 4.76. The molecule has 0 N–H and O–H groups in total. The van der Waals surface area contributed by atoms with Crippen molar-refractivity contribution in [2.45, 2.75) is 19.3 Å². The van der Waals surface area contributed by atoms with Crippen LogP contribution < -0.4 is 4.74 Å². The lowest BCUT2D eigenvalue weighted by atomic mass is 10.1. The van der Waals surface area contributed by atoms with E-state index in [9.17, 15) is 4.79 Å². The summed E-state index contributed by atoms with van der Waals surface area (Å²) >= 11 is 1.45. The summed E-state index contributed by atoms with van der Waals surface area (Å²) in [4.78, 5) is 19.1. The van der Waals surface area contributed by atoms with E-state index in [0.717, 1.165) is 36.7 Å². The number of benzene rings is 1. The van der Waals surface area contributed by atoms with E-state index in [0.29, 0.717) is 10.7 Å². The normalized spacial score (nSPS) is 19.6. The smallest absolute Gasteiger partial charge is 0.286 e. The summed E-state index contributed by atoms with van der Waals surface area (Å²) in [6.07, 6.45) is 5.43. The highest BCUT2D eigenvalue weighted by Gasteiger charge is 2.26. The number of aliphatic imine (C=N–C) groups is 1. The minimum absolute atomic E-state index is 0.0296. The second-order valence-electron chi connectivity index (χ2n) is 5.37. The number of piperidine rings is 1. The van der Waals surface area contributed by atoms with Crippen LogP contribution in [0, 0.1) is 11.3 Å². The maximum atomic E-state index is 12.1. The Balaban J connectivity index is 1.66. The second kappa shape index (κ2) is 7.34. The van der Waals surface area contributed by atoms with E-state index < -0.39 is 0 Å². The highest BCUT2D eigenvalue weighted by atomic mass is 32.2. The summed E-state index contributed by atoms with van der Waals surface area (Å²) in [7, 11) is 0. The second-order valence-corrected chi connectivity index (χ2v) is 6.38. The highest BCUT2D eigenvalue weighted by Crippen LogP contribution is 2.31. The molecule has 23 heavy (non-hydrogen) atoms. The van der Waals surface area contributed by atoms with Crippen molar-refractivity contribution >= 4 is 28.9 Å². The number of likely N-dealkylation sites (tertiary alicyclic amines) is 1. The summed E-state index contributed by atoms with van der Waals surface area (Å²) in [6.45, 7) is 2.00. The van der Waals surface area contributed by atoms with E-state index >= 15 is 0 Å². The minimum atomic E-state index is -0.166. The van der Waals surface area contributed by atoms with Crippen molar-refractivity contribution in [1.29, 1.82) is 5.26 Å². The largest absolute Gasteiger partial charge is 0.479 e. The third kappa shape index (κ3) is 3.93. The predicted octanol–water partition coefficient (Wildman–Crippen LogP) is 3.05. The van der Waals surface area contributed by atoms with Gasteiger partial charge in [-0.25, -0.2) is 0 Å². The molecule has 0 aliphatic carbocycles. The Morgan fingerprint density at radius 1 is 1.26 bits per heavy atom. The molecule has 1 fully saturated rings. The van der Waals surface area contributed by atoms with E-state index in [2.05, 4.69) is 9.89 Å². The van der Waals surface area contributed by atoms with Crippen LogP contribution in [-0.4, -0.2) is 35.7 Å². The lowest BCUT2D eigenvalue weighted by Crippen LogP contribution is -2.33. The predicted molar refractivity (Wildman–Crippen MR) is 91.0 cm³/mol. The third-order valence-electron chi connectivity index (χ3n) is 3.72. The fourth-order valence-electron chi connectivity index (χ4n) is 2.55. The molecule has 1 aromatic carbocycles. The van der Waals surface area contributed by atoms with Gasteiger partial charge in [0, 0.05) is 13.1 Å². The number of nitrogens with zero attached hydrogens (tertiary/aromatic N) is 3. The van der Waals surface area contributed by atoms with Gasteiger partial charge in [0.2, 0.25) is 0 Å². The van der Waals surface area contributed by atoms with Gasteiger partial charge in [-0.1, -0.05) is 12.1 Å². The number of thioether (sulfide) groups is 1. The van der Waals surface area contributed by atoms with Crippen LogP contribution in [0.15, 0.2) is 34.2 Å². The maximum absolute atomic E-state index is 12.1. The molecular formula is C17H17N3O2S. The van der Waals surface area contributed by atoms with E-state index in [1.54, 1.807) is 12.1 Å². The van der Waals surface area contributed by atoms with Gasteiger partial charge in [-0.2, -0.15) is 10.3 Å². The molecule has 0 saturated carbocycles. The van der Waals surface area contributed by atoms with Crippen LogP contribution in [0.5, 0.6) is 5.75 Å². The number of ether oxygens (including phenoxy) is 1. The number of nitriles is 1. The molecule has 3 rings (SSSR count). The van der Waals surface area contributed by atoms with Gasteiger partial charge in [0.05, 0.1) is 4.91 Å².